The number of hydrogen-bond donors (Lipinski definition) is 1. The highest BCUT2D eigenvalue weighted by Crippen LogP contribution is 2.43. The molecule has 3 aliphatic rings. The van der Waals surface area contributed by atoms with Crippen molar-refractivity contribution in [1.82, 2.24) is 24.4 Å². The number of fused-ring (bicyclic) bond motifs is 3. The van der Waals surface area contributed by atoms with Gasteiger partial charge in [-0.05, 0) is 47.6 Å². The number of rotatable bonds is 4. The van der Waals surface area contributed by atoms with Gasteiger partial charge in [0.1, 0.15) is 6.33 Å². The van der Waals surface area contributed by atoms with Crippen molar-refractivity contribution in [3.05, 3.63) is 65.6 Å². The lowest BCUT2D eigenvalue weighted by molar-refractivity contribution is -0.134. The van der Waals surface area contributed by atoms with Crippen LogP contribution in [0.25, 0.3) is 5.65 Å². The Bertz CT molecular complexity index is 1120. The Morgan fingerprint density at radius 1 is 1.13 bits per heavy atom. The molecule has 1 aliphatic carbocycles. The Hall–Kier alpha value is -2.77. The van der Waals surface area contributed by atoms with E-state index in [1.165, 1.54) is 16.7 Å². The number of amides is 1. The largest absolute Gasteiger partial charge is 0.396 e. The van der Waals surface area contributed by atoms with Crippen LogP contribution in [0.5, 0.6) is 0 Å². The summed E-state index contributed by atoms with van der Waals surface area (Å²) in [7, 11) is 0. The third kappa shape index (κ3) is 3.15. The van der Waals surface area contributed by atoms with E-state index in [1.807, 2.05) is 11.1 Å². The number of benzene rings is 1. The lowest BCUT2D eigenvalue weighted by Gasteiger charge is -2.28. The van der Waals surface area contributed by atoms with Gasteiger partial charge in [-0.25, -0.2) is 9.50 Å². The molecule has 0 radical (unpaired) electrons. The van der Waals surface area contributed by atoms with Gasteiger partial charge in [0.05, 0.1) is 6.61 Å². The molecule has 3 aromatic rings. The first-order chi connectivity index (χ1) is 15.1. The lowest BCUT2D eigenvalue weighted by atomic mass is 9.82. The molecule has 7 nitrogen and oxygen atoms in total. The summed E-state index contributed by atoms with van der Waals surface area (Å²) in [4.78, 5) is 22.0. The lowest BCUT2D eigenvalue weighted by Crippen LogP contribution is -2.41. The number of likely N-dealkylation sites (tertiary alicyclic amines) is 2. The van der Waals surface area contributed by atoms with Gasteiger partial charge in [0.15, 0.2) is 5.65 Å². The summed E-state index contributed by atoms with van der Waals surface area (Å²) in [6, 6.07) is 12.6. The molecule has 160 valence electrons. The van der Waals surface area contributed by atoms with Gasteiger partial charge in [0.25, 0.3) is 0 Å². The second kappa shape index (κ2) is 7.14. The van der Waals surface area contributed by atoms with Crippen molar-refractivity contribution in [3.8, 4) is 0 Å². The molecule has 1 amide bonds. The molecule has 4 heterocycles. The minimum Gasteiger partial charge on any atom is -0.396 e. The van der Waals surface area contributed by atoms with Crippen LogP contribution in [-0.4, -0.2) is 68.2 Å². The average molecular weight is 418 g/mol. The fourth-order valence-electron chi connectivity index (χ4n) is 6.01. The van der Waals surface area contributed by atoms with Crippen LogP contribution >= 0.6 is 0 Å². The van der Waals surface area contributed by atoms with Crippen molar-refractivity contribution in [3.63, 3.8) is 0 Å². The Morgan fingerprint density at radius 2 is 1.94 bits per heavy atom. The summed E-state index contributed by atoms with van der Waals surface area (Å²) in [5.74, 6) is 0.641. The molecule has 2 saturated heterocycles. The predicted molar refractivity (Wildman–Crippen MR) is 115 cm³/mol. The number of aliphatic hydroxyl groups is 1. The van der Waals surface area contributed by atoms with E-state index in [1.54, 1.807) is 10.8 Å². The third-order valence-corrected chi connectivity index (χ3v) is 7.61. The molecule has 1 N–H and O–H groups in total. The molecule has 2 aromatic heterocycles. The molecule has 7 heteroatoms. The van der Waals surface area contributed by atoms with Gasteiger partial charge < -0.3 is 10.0 Å². The van der Waals surface area contributed by atoms with Crippen molar-refractivity contribution in [1.29, 1.82) is 0 Å². The number of carbonyl (C=O) groups excluding carboxylic acids is 1. The zero-order valence-electron chi connectivity index (χ0n) is 17.5. The van der Waals surface area contributed by atoms with Gasteiger partial charge in [-0.15, -0.1) is 0 Å². The van der Waals surface area contributed by atoms with Gasteiger partial charge in [-0.2, -0.15) is 5.10 Å². The molecule has 1 aromatic carbocycles. The van der Waals surface area contributed by atoms with Crippen LogP contribution in [0.2, 0.25) is 0 Å². The number of hydrogen-bond acceptors (Lipinski definition) is 5. The standard InChI is InChI=1S/C24H27N5O2/c30-15-24-13-27(10-17-5-6-29-22(7-17)25-16-26-29)11-21(24)12-28(14-24)23(31)20-8-18-3-1-2-4-19(18)9-20/h1-7,16,20-21,30H,8-15H2/t21-,24+/m0/s1. The van der Waals surface area contributed by atoms with Crippen molar-refractivity contribution >= 4 is 11.6 Å². The zero-order valence-corrected chi connectivity index (χ0v) is 17.5. The Morgan fingerprint density at radius 3 is 2.68 bits per heavy atom. The molecular formula is C24H27N5O2. The number of nitrogens with zero attached hydrogens (tertiary/aromatic N) is 5. The highest BCUT2D eigenvalue weighted by molar-refractivity contribution is 5.81. The molecule has 0 unspecified atom stereocenters. The second-order valence-electron chi connectivity index (χ2n) is 9.58. The molecule has 2 aliphatic heterocycles. The van der Waals surface area contributed by atoms with E-state index >= 15 is 0 Å². The van der Waals surface area contributed by atoms with Gasteiger partial charge in [0.2, 0.25) is 5.91 Å². The highest BCUT2D eigenvalue weighted by atomic mass is 16.3. The first-order valence-electron chi connectivity index (χ1n) is 11.1. The Balaban J connectivity index is 1.13. The SMILES string of the molecule is O=C(C1Cc2ccccc2C1)N1C[C@@H]2CN(Cc3ccn4ncnc4c3)C[C@]2(CO)C1. The van der Waals surface area contributed by atoms with Crippen LogP contribution < -0.4 is 0 Å². The van der Waals surface area contributed by atoms with E-state index in [4.69, 9.17) is 0 Å². The molecule has 2 fully saturated rings. The molecule has 0 saturated carbocycles. The molecular weight excluding hydrogens is 390 g/mol. The van der Waals surface area contributed by atoms with Crippen LogP contribution in [-0.2, 0) is 24.2 Å². The fourth-order valence-corrected chi connectivity index (χ4v) is 6.01. The molecule has 6 rings (SSSR count). The van der Waals surface area contributed by atoms with Crippen LogP contribution in [0, 0.1) is 17.3 Å². The maximum atomic E-state index is 13.3. The van der Waals surface area contributed by atoms with Gasteiger partial charge in [-0.3, -0.25) is 9.69 Å². The predicted octanol–water partition coefficient (Wildman–Crippen LogP) is 1.40. The first kappa shape index (κ1) is 19.0. The van der Waals surface area contributed by atoms with Crippen molar-refractivity contribution in [2.45, 2.75) is 19.4 Å². The van der Waals surface area contributed by atoms with Crippen LogP contribution in [0.1, 0.15) is 16.7 Å². The van der Waals surface area contributed by atoms with E-state index in [0.717, 1.165) is 44.7 Å². The van der Waals surface area contributed by atoms with Crippen molar-refractivity contribution < 1.29 is 9.90 Å². The van der Waals surface area contributed by atoms with E-state index < -0.39 is 0 Å². The molecule has 2 atom stereocenters. The Kier molecular flexibility index (Phi) is 4.36. The first-order valence-corrected chi connectivity index (χ1v) is 11.1. The summed E-state index contributed by atoms with van der Waals surface area (Å²) in [6.07, 6.45) is 5.20. The van der Waals surface area contributed by atoms with Gasteiger partial charge in [0, 0.05) is 50.3 Å². The minimum absolute atomic E-state index is 0.0537. The van der Waals surface area contributed by atoms with E-state index in [-0.39, 0.29) is 23.8 Å². The summed E-state index contributed by atoms with van der Waals surface area (Å²) >= 11 is 0. The van der Waals surface area contributed by atoms with Crippen LogP contribution in [0.15, 0.2) is 48.9 Å². The quantitative estimate of drug-likeness (QED) is 0.695. The summed E-state index contributed by atoms with van der Waals surface area (Å²) in [6.45, 7) is 4.11. The average Bonchev–Trinajstić information content (AvgIpc) is 3.53. The fraction of sp³-hybridized carbons (Fsp3) is 0.458. The van der Waals surface area contributed by atoms with E-state index in [2.05, 4.69) is 51.4 Å². The van der Waals surface area contributed by atoms with Crippen LogP contribution in [0.3, 0.4) is 0 Å². The molecule has 0 bridgehead atoms. The topological polar surface area (TPSA) is 74.0 Å². The second-order valence-corrected chi connectivity index (χ2v) is 9.58. The number of aliphatic hydroxyl groups excluding tert-OH is 1. The van der Waals surface area contributed by atoms with Gasteiger partial charge >= 0.3 is 0 Å². The zero-order chi connectivity index (χ0) is 21.0. The van der Waals surface area contributed by atoms with Crippen molar-refractivity contribution in [2.75, 3.05) is 32.8 Å². The normalized spacial score (nSPS) is 26.0. The number of aromatic nitrogens is 3. The monoisotopic (exact) mass is 417 g/mol. The summed E-state index contributed by atoms with van der Waals surface area (Å²) < 4.78 is 1.77. The number of pyridine rings is 1. The van der Waals surface area contributed by atoms with Gasteiger partial charge in [-0.1, -0.05) is 24.3 Å². The molecule has 0 spiro atoms. The smallest absolute Gasteiger partial charge is 0.226 e. The van der Waals surface area contributed by atoms with E-state index in [9.17, 15) is 9.90 Å². The minimum atomic E-state index is -0.208. The van der Waals surface area contributed by atoms with Crippen LogP contribution in [0.4, 0.5) is 0 Å². The highest BCUT2D eigenvalue weighted by Gasteiger charge is 2.53. The maximum absolute atomic E-state index is 13.3. The third-order valence-electron chi connectivity index (χ3n) is 7.61. The maximum Gasteiger partial charge on any atom is 0.226 e. The number of carbonyl (C=O) groups is 1. The summed E-state index contributed by atoms with van der Waals surface area (Å²) in [5, 5.41) is 14.5. The summed E-state index contributed by atoms with van der Waals surface area (Å²) in [5.41, 5.74) is 4.47. The molecule has 31 heavy (non-hydrogen) atoms. The Labute approximate surface area is 181 Å². The van der Waals surface area contributed by atoms with Crippen molar-refractivity contribution in [2.24, 2.45) is 17.3 Å². The van der Waals surface area contributed by atoms with E-state index in [0.29, 0.717) is 12.5 Å².